The van der Waals surface area contributed by atoms with Crippen molar-refractivity contribution in [3.8, 4) is 0 Å². The third-order valence-electron chi connectivity index (χ3n) is 2.62. The first-order valence-electron chi connectivity index (χ1n) is 5.03. The van der Waals surface area contributed by atoms with Crippen molar-refractivity contribution in [2.24, 2.45) is 5.73 Å². The average Bonchev–Trinajstić information content (AvgIpc) is 2.36. The summed E-state index contributed by atoms with van der Waals surface area (Å²) in [6.45, 7) is 0.275. The fourth-order valence-electron chi connectivity index (χ4n) is 1.34. The number of nitrogens with two attached hydrogens (primary N) is 1. The molecular weight excluding hydrogens is 240 g/mol. The van der Waals surface area contributed by atoms with Gasteiger partial charge in [0.2, 0.25) is 0 Å². The van der Waals surface area contributed by atoms with Crippen molar-refractivity contribution in [3.63, 3.8) is 0 Å². The number of nitrogens with zero attached hydrogens (tertiary/aromatic N) is 1. The molecule has 0 saturated carbocycles. The summed E-state index contributed by atoms with van der Waals surface area (Å²) in [7, 11) is 0. The predicted molar refractivity (Wildman–Crippen MR) is 62.1 cm³/mol. The molecule has 7 nitrogen and oxygen atoms in total. The zero-order valence-corrected chi connectivity index (χ0v) is 9.62. The first-order valence-corrected chi connectivity index (χ1v) is 5.03. The molecule has 0 spiro atoms. The van der Waals surface area contributed by atoms with Crippen LogP contribution < -0.4 is 5.73 Å². The Hall–Kier alpha value is -2.12. The first kappa shape index (κ1) is 13.9. The van der Waals surface area contributed by atoms with Gasteiger partial charge >= 0.3 is 0 Å². The molecule has 0 saturated heterocycles. The van der Waals surface area contributed by atoms with Gasteiger partial charge in [-0.1, -0.05) is 0 Å². The third-order valence-corrected chi connectivity index (χ3v) is 2.62. The van der Waals surface area contributed by atoms with Gasteiger partial charge in [-0.15, -0.1) is 0 Å². The number of aliphatic hydroxyl groups is 1. The van der Waals surface area contributed by atoms with Gasteiger partial charge < -0.3 is 10.8 Å². The highest BCUT2D eigenvalue weighted by Gasteiger charge is 2.39. The molecule has 0 aliphatic rings. The summed E-state index contributed by atoms with van der Waals surface area (Å²) in [5.74, 6) is -1.44. The van der Waals surface area contributed by atoms with Gasteiger partial charge in [-0.3, -0.25) is 19.7 Å². The zero-order valence-electron chi connectivity index (χ0n) is 9.62. The van der Waals surface area contributed by atoms with Crippen molar-refractivity contribution in [1.29, 1.82) is 0 Å². The number of hydrogen-bond donors (Lipinski definition) is 2. The number of carbonyl (C=O) groups is 2. The number of ketones is 2. The lowest BCUT2D eigenvalue weighted by Gasteiger charge is -2.22. The van der Waals surface area contributed by atoms with E-state index >= 15 is 0 Å². The summed E-state index contributed by atoms with van der Waals surface area (Å²) < 4.78 is 0. The molecule has 18 heavy (non-hydrogen) atoms. The Morgan fingerprint density at radius 2 is 1.89 bits per heavy atom. The predicted octanol–water partition coefficient (Wildman–Crippen LogP) is 0.0563. The van der Waals surface area contributed by atoms with E-state index in [-0.39, 0.29) is 11.3 Å². The van der Waals surface area contributed by atoms with E-state index in [4.69, 9.17) is 10.8 Å². The van der Waals surface area contributed by atoms with Crippen molar-refractivity contribution in [2.45, 2.75) is 12.5 Å². The highest BCUT2D eigenvalue weighted by atomic mass is 16.6. The second-order valence-electron chi connectivity index (χ2n) is 3.82. The minimum atomic E-state index is -2.00. The maximum atomic E-state index is 11.9. The SMILES string of the molecule is CC(=O)C(N)(CO)C(=O)c1ccc([N+](=O)[O-])cc1. The molecule has 0 fully saturated rings. The maximum absolute atomic E-state index is 11.9. The van der Waals surface area contributed by atoms with Gasteiger partial charge in [0.25, 0.3) is 5.69 Å². The summed E-state index contributed by atoms with van der Waals surface area (Å²) in [5, 5.41) is 19.5. The van der Waals surface area contributed by atoms with Crippen molar-refractivity contribution in [1.82, 2.24) is 0 Å². The van der Waals surface area contributed by atoms with Crippen LogP contribution in [0.3, 0.4) is 0 Å². The summed E-state index contributed by atoms with van der Waals surface area (Å²) in [6, 6.07) is 4.65. The molecule has 0 radical (unpaired) electrons. The van der Waals surface area contributed by atoms with E-state index < -0.39 is 28.6 Å². The van der Waals surface area contributed by atoms with Crippen LogP contribution in [0.15, 0.2) is 24.3 Å². The van der Waals surface area contributed by atoms with Crippen molar-refractivity contribution in [3.05, 3.63) is 39.9 Å². The molecule has 0 bridgehead atoms. The fourth-order valence-corrected chi connectivity index (χ4v) is 1.34. The number of benzene rings is 1. The lowest BCUT2D eigenvalue weighted by molar-refractivity contribution is -0.384. The van der Waals surface area contributed by atoms with Gasteiger partial charge in [-0.2, -0.15) is 0 Å². The van der Waals surface area contributed by atoms with E-state index in [0.29, 0.717) is 0 Å². The Balaban J connectivity index is 3.11. The van der Waals surface area contributed by atoms with E-state index in [1.165, 1.54) is 12.1 Å². The lowest BCUT2D eigenvalue weighted by Crippen LogP contribution is -2.57. The number of hydrogen-bond acceptors (Lipinski definition) is 6. The lowest BCUT2D eigenvalue weighted by atomic mass is 9.87. The highest BCUT2D eigenvalue weighted by Crippen LogP contribution is 2.16. The van der Waals surface area contributed by atoms with Gasteiger partial charge in [-0.05, 0) is 19.1 Å². The van der Waals surface area contributed by atoms with Crippen LogP contribution >= 0.6 is 0 Å². The van der Waals surface area contributed by atoms with Crippen LogP contribution in [-0.4, -0.2) is 33.7 Å². The van der Waals surface area contributed by atoms with Crippen LogP contribution in [0.2, 0.25) is 0 Å². The van der Waals surface area contributed by atoms with Gasteiger partial charge in [0.15, 0.2) is 17.1 Å². The number of aliphatic hydroxyl groups excluding tert-OH is 1. The molecule has 7 heteroatoms. The number of Topliss-reactive ketones (excluding diaryl/α,β-unsaturated/α-hetero) is 2. The molecule has 1 rings (SSSR count). The second-order valence-corrected chi connectivity index (χ2v) is 3.82. The Morgan fingerprint density at radius 1 is 1.39 bits per heavy atom. The van der Waals surface area contributed by atoms with Gasteiger partial charge in [0, 0.05) is 17.7 Å². The van der Waals surface area contributed by atoms with E-state index in [1.807, 2.05) is 0 Å². The van der Waals surface area contributed by atoms with Crippen LogP contribution in [-0.2, 0) is 4.79 Å². The monoisotopic (exact) mass is 252 g/mol. The molecule has 3 N–H and O–H groups in total. The number of non-ortho nitro benzene ring substituents is 1. The first-order chi connectivity index (χ1) is 8.32. The Bertz CT molecular complexity index is 497. The average molecular weight is 252 g/mol. The number of rotatable bonds is 5. The van der Waals surface area contributed by atoms with Gasteiger partial charge in [-0.25, -0.2) is 0 Å². The maximum Gasteiger partial charge on any atom is 0.269 e. The summed E-state index contributed by atoms with van der Waals surface area (Å²) in [4.78, 5) is 33.1. The highest BCUT2D eigenvalue weighted by molar-refractivity contribution is 6.17. The topological polar surface area (TPSA) is 124 Å². The molecule has 1 unspecified atom stereocenters. The van der Waals surface area contributed by atoms with E-state index in [2.05, 4.69) is 0 Å². The van der Waals surface area contributed by atoms with Crippen molar-refractivity contribution >= 4 is 17.3 Å². The molecule has 1 atom stereocenters. The third kappa shape index (κ3) is 2.41. The van der Waals surface area contributed by atoms with E-state index in [0.717, 1.165) is 19.1 Å². The molecule has 0 aliphatic carbocycles. The number of nitro groups is 1. The fraction of sp³-hybridized carbons (Fsp3) is 0.273. The number of carbonyl (C=O) groups excluding carboxylic acids is 2. The van der Waals surface area contributed by atoms with Gasteiger partial charge in [0.1, 0.15) is 0 Å². The minimum Gasteiger partial charge on any atom is -0.393 e. The van der Waals surface area contributed by atoms with E-state index in [9.17, 15) is 19.7 Å². The molecule has 0 aromatic heterocycles. The normalized spacial score (nSPS) is 13.7. The molecule has 0 aliphatic heterocycles. The number of nitro benzene ring substituents is 1. The van der Waals surface area contributed by atoms with Crippen LogP contribution in [0, 0.1) is 10.1 Å². The minimum absolute atomic E-state index is 0.0346. The Labute approximate surface area is 102 Å². The zero-order chi connectivity index (χ0) is 13.9. The smallest absolute Gasteiger partial charge is 0.269 e. The van der Waals surface area contributed by atoms with Crippen LogP contribution in [0.4, 0.5) is 5.69 Å². The van der Waals surface area contributed by atoms with Crippen LogP contribution in [0.25, 0.3) is 0 Å². The van der Waals surface area contributed by atoms with Crippen LogP contribution in [0.1, 0.15) is 17.3 Å². The molecule has 1 aromatic carbocycles. The standard InChI is InChI=1S/C11H12N2O5/c1-7(15)11(12,6-14)10(16)8-2-4-9(5-3-8)13(17)18/h2-5,14H,6,12H2,1H3. The Kier molecular flexibility index (Phi) is 3.89. The van der Waals surface area contributed by atoms with E-state index in [1.54, 1.807) is 0 Å². The molecule has 0 amide bonds. The van der Waals surface area contributed by atoms with Gasteiger partial charge in [0.05, 0.1) is 11.5 Å². The Morgan fingerprint density at radius 3 is 2.22 bits per heavy atom. The summed E-state index contributed by atoms with van der Waals surface area (Å²) >= 11 is 0. The second kappa shape index (κ2) is 5.03. The molecule has 96 valence electrons. The van der Waals surface area contributed by atoms with Crippen molar-refractivity contribution < 1.29 is 19.6 Å². The molecule has 1 aromatic rings. The summed E-state index contributed by atoms with van der Waals surface area (Å²) in [6.07, 6.45) is 0. The molecular formula is C11H12N2O5. The summed E-state index contributed by atoms with van der Waals surface area (Å²) in [5.41, 5.74) is 3.38. The largest absolute Gasteiger partial charge is 0.393 e. The molecule has 0 heterocycles. The quantitative estimate of drug-likeness (QED) is 0.330. The van der Waals surface area contributed by atoms with Crippen molar-refractivity contribution in [2.75, 3.05) is 6.61 Å². The van der Waals surface area contributed by atoms with Crippen LogP contribution in [0.5, 0.6) is 0 Å².